The lowest BCUT2D eigenvalue weighted by atomic mass is 10.0. The minimum absolute atomic E-state index is 0.00146. The molecule has 0 spiro atoms. The van der Waals surface area contributed by atoms with Crippen molar-refractivity contribution in [1.29, 1.82) is 0 Å². The van der Waals surface area contributed by atoms with Crippen molar-refractivity contribution in [2.75, 3.05) is 18.1 Å². The molecule has 0 fully saturated rings. The molecule has 2 aliphatic rings. The van der Waals surface area contributed by atoms with E-state index >= 15 is 0 Å². The number of benzene rings is 2. The van der Waals surface area contributed by atoms with Gasteiger partial charge in [0.25, 0.3) is 5.91 Å². The number of rotatable bonds is 3. The Morgan fingerprint density at radius 1 is 1.12 bits per heavy atom. The van der Waals surface area contributed by atoms with Crippen molar-refractivity contribution in [2.24, 2.45) is 0 Å². The van der Waals surface area contributed by atoms with E-state index in [-0.39, 0.29) is 12.5 Å². The highest BCUT2D eigenvalue weighted by molar-refractivity contribution is 5.95. The fourth-order valence-corrected chi connectivity index (χ4v) is 3.44. The number of carbonyl (C=O) groups excluding carboxylic acids is 1. The number of amides is 1. The third-order valence-corrected chi connectivity index (χ3v) is 4.66. The van der Waals surface area contributed by atoms with Gasteiger partial charge in [0.15, 0.2) is 6.61 Å². The van der Waals surface area contributed by atoms with Crippen LogP contribution in [0.5, 0.6) is 5.75 Å². The number of fused-ring (bicyclic) bond motifs is 2. The van der Waals surface area contributed by atoms with Gasteiger partial charge in [-0.3, -0.25) is 15.1 Å². The van der Waals surface area contributed by atoms with Crippen LogP contribution in [0.2, 0.25) is 0 Å². The summed E-state index contributed by atoms with van der Waals surface area (Å²) in [6.07, 6.45) is 5.38. The monoisotopic (exact) mass is 336 g/mol. The van der Waals surface area contributed by atoms with Crippen LogP contribution >= 0.6 is 0 Å². The molecule has 128 valence electrons. The molecule has 1 N–H and O–H groups in total. The molecular formula is C20H20N2O3. The number of nitrogens with zero attached hydrogens (tertiary/aromatic N) is 2. The number of hydroxylamine groups is 2. The van der Waals surface area contributed by atoms with Crippen LogP contribution in [-0.4, -0.2) is 29.3 Å². The Morgan fingerprint density at radius 3 is 2.88 bits per heavy atom. The lowest BCUT2D eigenvalue weighted by Gasteiger charge is -2.29. The van der Waals surface area contributed by atoms with Crippen LogP contribution in [0.25, 0.3) is 6.08 Å². The maximum Gasteiger partial charge on any atom is 0.264 e. The average molecular weight is 336 g/mol. The van der Waals surface area contributed by atoms with E-state index in [9.17, 15) is 10.0 Å². The predicted molar refractivity (Wildman–Crippen MR) is 95.4 cm³/mol. The summed E-state index contributed by atoms with van der Waals surface area (Å²) in [6, 6.07) is 13.7. The Kier molecular flexibility index (Phi) is 4.15. The van der Waals surface area contributed by atoms with E-state index in [0.29, 0.717) is 12.3 Å². The average Bonchev–Trinajstić information content (AvgIpc) is 2.65. The van der Waals surface area contributed by atoms with E-state index in [2.05, 4.69) is 6.07 Å². The zero-order valence-electron chi connectivity index (χ0n) is 13.9. The topological polar surface area (TPSA) is 53.0 Å². The van der Waals surface area contributed by atoms with E-state index in [1.54, 1.807) is 12.3 Å². The highest BCUT2D eigenvalue weighted by Gasteiger charge is 2.23. The van der Waals surface area contributed by atoms with E-state index in [1.807, 2.05) is 41.3 Å². The van der Waals surface area contributed by atoms with Crippen molar-refractivity contribution in [1.82, 2.24) is 5.06 Å². The summed E-state index contributed by atoms with van der Waals surface area (Å²) in [6.45, 7) is 1.14. The predicted octanol–water partition coefficient (Wildman–Crippen LogP) is 3.22. The number of para-hydroxylation sites is 1. The third kappa shape index (κ3) is 3.10. The summed E-state index contributed by atoms with van der Waals surface area (Å²) in [4.78, 5) is 14.5. The summed E-state index contributed by atoms with van der Waals surface area (Å²) >= 11 is 0. The first-order valence-electron chi connectivity index (χ1n) is 8.49. The van der Waals surface area contributed by atoms with Crippen LogP contribution < -0.4 is 9.64 Å². The Bertz CT molecular complexity index is 831. The minimum Gasteiger partial charge on any atom is -0.483 e. The number of anilines is 1. The molecule has 2 aromatic carbocycles. The molecule has 0 bridgehead atoms. The van der Waals surface area contributed by atoms with Crippen molar-refractivity contribution in [3.05, 3.63) is 65.4 Å². The third-order valence-electron chi connectivity index (χ3n) is 4.66. The van der Waals surface area contributed by atoms with Crippen LogP contribution in [0.4, 0.5) is 5.69 Å². The smallest absolute Gasteiger partial charge is 0.264 e. The normalized spacial score (nSPS) is 15.6. The molecular weight excluding hydrogens is 316 g/mol. The lowest BCUT2D eigenvalue weighted by molar-refractivity contribution is -0.120. The van der Waals surface area contributed by atoms with Crippen LogP contribution in [0.1, 0.15) is 23.1 Å². The molecule has 2 aliphatic heterocycles. The van der Waals surface area contributed by atoms with Gasteiger partial charge < -0.3 is 9.64 Å². The van der Waals surface area contributed by atoms with Crippen molar-refractivity contribution < 1.29 is 14.7 Å². The van der Waals surface area contributed by atoms with Gasteiger partial charge in [-0.2, -0.15) is 0 Å². The zero-order chi connectivity index (χ0) is 17.2. The molecule has 0 unspecified atom stereocenters. The molecule has 0 aliphatic carbocycles. The number of hydrogen-bond donors (Lipinski definition) is 1. The fourth-order valence-electron chi connectivity index (χ4n) is 3.44. The molecule has 2 heterocycles. The van der Waals surface area contributed by atoms with Crippen molar-refractivity contribution in [3.63, 3.8) is 0 Å². The van der Waals surface area contributed by atoms with E-state index < -0.39 is 0 Å². The Labute approximate surface area is 146 Å². The van der Waals surface area contributed by atoms with Crippen LogP contribution in [0.15, 0.2) is 48.7 Å². The summed E-state index contributed by atoms with van der Waals surface area (Å²) in [5.41, 5.74) is 4.09. The second-order valence-electron chi connectivity index (χ2n) is 6.31. The largest absolute Gasteiger partial charge is 0.483 e. The maximum atomic E-state index is 12.7. The van der Waals surface area contributed by atoms with Gasteiger partial charge in [0.1, 0.15) is 5.75 Å². The van der Waals surface area contributed by atoms with Gasteiger partial charge >= 0.3 is 0 Å². The van der Waals surface area contributed by atoms with Gasteiger partial charge in [0.2, 0.25) is 0 Å². The van der Waals surface area contributed by atoms with E-state index in [1.165, 1.54) is 5.56 Å². The molecule has 0 atom stereocenters. The summed E-state index contributed by atoms with van der Waals surface area (Å²) < 4.78 is 5.83. The molecule has 0 saturated heterocycles. The van der Waals surface area contributed by atoms with Crippen LogP contribution in [0.3, 0.4) is 0 Å². The van der Waals surface area contributed by atoms with E-state index in [4.69, 9.17) is 4.74 Å². The highest BCUT2D eigenvalue weighted by Crippen LogP contribution is 2.29. The first-order chi connectivity index (χ1) is 12.2. The second-order valence-corrected chi connectivity index (χ2v) is 6.31. The van der Waals surface area contributed by atoms with Crippen molar-refractivity contribution in [2.45, 2.75) is 19.4 Å². The Morgan fingerprint density at radius 2 is 1.96 bits per heavy atom. The molecule has 0 radical (unpaired) electrons. The standard InChI is InChI=1S/C20H20N2O3/c23-20(22-11-4-7-15-5-1-2-8-18(15)22)14-25-19-9-3-6-16-13-21(24)12-10-17(16)19/h1-3,5-6,8-10,12,24H,4,7,11,13-14H2. The van der Waals surface area contributed by atoms with Gasteiger partial charge in [-0.15, -0.1) is 0 Å². The molecule has 0 aromatic heterocycles. The quantitative estimate of drug-likeness (QED) is 0.935. The number of carbonyl (C=O) groups is 1. The lowest BCUT2D eigenvalue weighted by Crippen LogP contribution is -2.38. The highest BCUT2D eigenvalue weighted by atomic mass is 16.5. The van der Waals surface area contributed by atoms with Crippen LogP contribution in [0, 0.1) is 0 Å². The molecule has 5 nitrogen and oxygen atoms in total. The maximum absolute atomic E-state index is 12.7. The molecule has 0 saturated carbocycles. The Balaban J connectivity index is 1.50. The first-order valence-corrected chi connectivity index (χ1v) is 8.49. The summed E-state index contributed by atoms with van der Waals surface area (Å²) in [5.74, 6) is 0.633. The van der Waals surface area contributed by atoms with E-state index in [0.717, 1.165) is 41.3 Å². The molecule has 4 rings (SSSR count). The second kappa shape index (κ2) is 6.61. The van der Waals surface area contributed by atoms with Gasteiger partial charge in [-0.05, 0) is 42.2 Å². The van der Waals surface area contributed by atoms with Crippen molar-refractivity contribution >= 4 is 17.7 Å². The Hall–Kier alpha value is -2.79. The first kappa shape index (κ1) is 15.7. The van der Waals surface area contributed by atoms with Gasteiger partial charge in [0, 0.05) is 24.0 Å². The molecule has 1 amide bonds. The molecule has 5 heteroatoms. The van der Waals surface area contributed by atoms with Gasteiger partial charge in [-0.1, -0.05) is 30.3 Å². The number of aryl methyl sites for hydroxylation is 1. The zero-order valence-corrected chi connectivity index (χ0v) is 13.9. The van der Waals surface area contributed by atoms with Crippen molar-refractivity contribution in [3.8, 4) is 5.75 Å². The fraction of sp³-hybridized carbons (Fsp3) is 0.250. The summed E-state index contributed by atoms with van der Waals surface area (Å²) in [5, 5.41) is 10.7. The number of hydrogen-bond acceptors (Lipinski definition) is 4. The van der Waals surface area contributed by atoms with Gasteiger partial charge in [-0.25, -0.2) is 0 Å². The SMILES string of the molecule is O=C(COc1cccc2c1C=CN(O)C2)N1CCCc2ccccc21. The minimum atomic E-state index is -0.0340. The number of ether oxygens (including phenoxy) is 1. The molecule has 2 aromatic rings. The van der Waals surface area contributed by atoms with Gasteiger partial charge in [0.05, 0.1) is 6.54 Å². The van der Waals surface area contributed by atoms with Crippen LogP contribution in [-0.2, 0) is 17.8 Å². The summed E-state index contributed by atoms with van der Waals surface area (Å²) in [7, 11) is 0. The molecule has 25 heavy (non-hydrogen) atoms.